The maximum atomic E-state index is 13.1. The van der Waals surface area contributed by atoms with Crippen molar-refractivity contribution in [3.63, 3.8) is 0 Å². The van der Waals surface area contributed by atoms with Gasteiger partial charge in [0.25, 0.3) is 0 Å². The Hall–Kier alpha value is -4.00. The van der Waals surface area contributed by atoms with Crippen molar-refractivity contribution in [2.45, 2.75) is 45.3 Å². The summed E-state index contributed by atoms with van der Waals surface area (Å²) >= 11 is 0. The smallest absolute Gasteiger partial charge is 0.318 e. The average Bonchev–Trinajstić information content (AvgIpc) is 2.86. The van der Waals surface area contributed by atoms with E-state index in [-0.39, 0.29) is 25.0 Å². The van der Waals surface area contributed by atoms with Crippen LogP contribution in [0.1, 0.15) is 41.1 Å². The van der Waals surface area contributed by atoms with Gasteiger partial charge in [0.2, 0.25) is 5.91 Å². The van der Waals surface area contributed by atoms with Crippen LogP contribution in [-0.2, 0) is 24.3 Å². The van der Waals surface area contributed by atoms with Gasteiger partial charge in [-0.1, -0.05) is 54.1 Å². The van der Waals surface area contributed by atoms with Gasteiger partial charge in [-0.05, 0) is 55.0 Å². The quantitative estimate of drug-likeness (QED) is 0.470. The fourth-order valence-electron chi connectivity index (χ4n) is 4.71. The fourth-order valence-corrected chi connectivity index (χ4v) is 4.71. The Balaban J connectivity index is 1.47. The fraction of sp³-hybridized carbons (Fsp3) is 0.259. The van der Waals surface area contributed by atoms with Gasteiger partial charge in [-0.15, -0.1) is 0 Å². The number of rotatable bonds is 5. The summed E-state index contributed by atoms with van der Waals surface area (Å²) in [7, 11) is 0. The summed E-state index contributed by atoms with van der Waals surface area (Å²) in [4.78, 5) is 43.6. The maximum Gasteiger partial charge on any atom is 0.318 e. The Morgan fingerprint density at radius 1 is 1.00 bits per heavy atom. The van der Waals surface area contributed by atoms with E-state index in [1.54, 1.807) is 18.3 Å². The minimum atomic E-state index is -0.730. The molecule has 0 spiro atoms. The predicted molar refractivity (Wildman–Crippen MR) is 131 cm³/mol. The molecule has 0 aliphatic heterocycles. The summed E-state index contributed by atoms with van der Waals surface area (Å²) in [5.41, 5.74) is 3.78. The minimum absolute atomic E-state index is 0.0977. The number of hydrogen-bond donors (Lipinski definition) is 1. The van der Waals surface area contributed by atoms with Gasteiger partial charge in [0.1, 0.15) is 6.54 Å². The van der Waals surface area contributed by atoms with Crippen molar-refractivity contribution in [1.82, 2.24) is 19.4 Å². The van der Waals surface area contributed by atoms with Crippen molar-refractivity contribution in [1.29, 1.82) is 0 Å². The number of nitrogens with zero attached hydrogens (tertiary/aromatic N) is 3. The molecule has 34 heavy (non-hydrogen) atoms. The first-order valence-corrected chi connectivity index (χ1v) is 11.5. The monoisotopic (exact) mass is 454 g/mol. The molecule has 1 amide bonds. The molecule has 1 aliphatic rings. The number of aromatic nitrogens is 3. The number of aryl methyl sites for hydroxylation is 2. The first-order valence-electron chi connectivity index (χ1n) is 11.5. The van der Waals surface area contributed by atoms with Gasteiger partial charge in [0, 0.05) is 6.20 Å². The van der Waals surface area contributed by atoms with Gasteiger partial charge in [0.15, 0.2) is 5.65 Å². The number of fused-ring (bicyclic) bond motifs is 2. The first kappa shape index (κ1) is 21.8. The summed E-state index contributed by atoms with van der Waals surface area (Å²) in [6, 6.07) is 19.2. The first-order chi connectivity index (χ1) is 16.5. The highest BCUT2D eigenvalue weighted by Gasteiger charge is 2.23. The third-order valence-corrected chi connectivity index (χ3v) is 6.45. The summed E-state index contributed by atoms with van der Waals surface area (Å²) in [6.07, 6.45) is 4.42. The Kier molecular flexibility index (Phi) is 5.84. The lowest BCUT2D eigenvalue weighted by molar-refractivity contribution is -0.122. The van der Waals surface area contributed by atoms with Gasteiger partial charge in [0.05, 0.1) is 18.1 Å². The second-order valence-electron chi connectivity index (χ2n) is 8.83. The number of nitrogens with one attached hydrogen (secondary N) is 1. The highest BCUT2D eigenvalue weighted by molar-refractivity contribution is 5.79. The predicted octanol–water partition coefficient (Wildman–Crippen LogP) is 3.11. The maximum absolute atomic E-state index is 13.1. The lowest BCUT2D eigenvalue weighted by Crippen LogP contribution is -2.44. The van der Waals surface area contributed by atoms with E-state index in [1.165, 1.54) is 14.7 Å². The van der Waals surface area contributed by atoms with Gasteiger partial charge < -0.3 is 5.32 Å². The second-order valence-corrected chi connectivity index (χ2v) is 8.83. The molecule has 0 fully saturated rings. The zero-order valence-electron chi connectivity index (χ0n) is 19.0. The summed E-state index contributed by atoms with van der Waals surface area (Å²) in [5.74, 6) is -0.301. The highest BCUT2D eigenvalue weighted by Crippen LogP contribution is 2.29. The van der Waals surface area contributed by atoms with Crippen molar-refractivity contribution in [2.75, 3.05) is 0 Å². The van der Waals surface area contributed by atoms with E-state index in [0.717, 1.165) is 36.0 Å². The molecule has 2 aromatic carbocycles. The number of benzene rings is 2. The van der Waals surface area contributed by atoms with Gasteiger partial charge in [-0.2, -0.15) is 0 Å². The van der Waals surface area contributed by atoms with Crippen LogP contribution in [0, 0.1) is 6.92 Å². The summed E-state index contributed by atoms with van der Waals surface area (Å²) in [5, 5.41) is 3.07. The normalized spacial score (nSPS) is 15.1. The molecular formula is C27H26N4O3. The van der Waals surface area contributed by atoms with Crippen molar-refractivity contribution in [3.05, 3.63) is 110 Å². The summed E-state index contributed by atoms with van der Waals surface area (Å²) in [6.45, 7) is 1.99. The van der Waals surface area contributed by atoms with Crippen LogP contribution in [0.3, 0.4) is 0 Å². The van der Waals surface area contributed by atoms with E-state index in [1.807, 2.05) is 49.4 Å². The molecule has 0 bridgehead atoms. The van der Waals surface area contributed by atoms with E-state index in [2.05, 4.69) is 16.4 Å². The van der Waals surface area contributed by atoms with Crippen molar-refractivity contribution in [3.8, 4) is 0 Å². The lowest BCUT2D eigenvalue weighted by atomic mass is 9.88. The topological polar surface area (TPSA) is 86.0 Å². The molecule has 0 saturated heterocycles. The standard InChI is InChI=1S/C27H26N4O3/c1-18-11-13-19(14-12-18)16-31-25-23(10-5-15-28-25)30(26(33)27(31)34)17-24(32)29-22-9-4-7-20-6-2-3-8-21(20)22/h2-3,5-6,8,10-15,22H,4,7,9,16-17H2,1H3,(H,29,32). The SMILES string of the molecule is Cc1ccc(Cn2c(=O)c(=O)n(CC(=O)NC3CCCc4ccccc43)c3cccnc32)cc1. The van der Waals surface area contributed by atoms with Crippen LogP contribution in [0.15, 0.2) is 76.4 Å². The Morgan fingerprint density at radius 2 is 1.76 bits per heavy atom. The molecule has 1 N–H and O–H groups in total. The Bertz CT molecular complexity index is 1480. The molecule has 7 nitrogen and oxygen atoms in total. The molecule has 5 rings (SSSR count). The van der Waals surface area contributed by atoms with Crippen LogP contribution in [0.5, 0.6) is 0 Å². The summed E-state index contributed by atoms with van der Waals surface area (Å²) < 4.78 is 2.62. The molecule has 1 atom stereocenters. The number of hydrogen-bond acceptors (Lipinski definition) is 4. The molecule has 172 valence electrons. The van der Waals surface area contributed by atoms with Gasteiger partial charge >= 0.3 is 11.1 Å². The third kappa shape index (κ3) is 4.17. The van der Waals surface area contributed by atoms with Crippen LogP contribution in [0.25, 0.3) is 11.2 Å². The molecular weight excluding hydrogens is 428 g/mol. The van der Waals surface area contributed by atoms with Crippen LogP contribution in [0.4, 0.5) is 0 Å². The van der Waals surface area contributed by atoms with Crippen LogP contribution in [-0.4, -0.2) is 20.0 Å². The lowest BCUT2D eigenvalue weighted by Gasteiger charge is -2.26. The molecule has 2 aromatic heterocycles. The van der Waals surface area contributed by atoms with E-state index in [0.29, 0.717) is 11.2 Å². The number of pyridine rings is 1. The van der Waals surface area contributed by atoms with Crippen molar-refractivity contribution < 1.29 is 4.79 Å². The number of amides is 1. The number of carbonyl (C=O) groups excluding carboxylic acids is 1. The molecule has 1 unspecified atom stereocenters. The Morgan fingerprint density at radius 3 is 2.59 bits per heavy atom. The highest BCUT2D eigenvalue weighted by atomic mass is 16.2. The minimum Gasteiger partial charge on any atom is -0.348 e. The van der Waals surface area contributed by atoms with E-state index in [9.17, 15) is 14.4 Å². The van der Waals surface area contributed by atoms with E-state index >= 15 is 0 Å². The molecule has 7 heteroatoms. The molecule has 0 radical (unpaired) electrons. The second kappa shape index (κ2) is 9.09. The van der Waals surface area contributed by atoms with Crippen molar-refractivity contribution in [2.24, 2.45) is 0 Å². The Labute approximate surface area is 196 Å². The van der Waals surface area contributed by atoms with E-state index in [4.69, 9.17) is 0 Å². The van der Waals surface area contributed by atoms with Crippen LogP contribution >= 0.6 is 0 Å². The molecule has 4 aromatic rings. The zero-order valence-corrected chi connectivity index (χ0v) is 19.0. The molecule has 1 aliphatic carbocycles. The van der Waals surface area contributed by atoms with Gasteiger partial charge in [-0.3, -0.25) is 23.5 Å². The van der Waals surface area contributed by atoms with Crippen molar-refractivity contribution >= 4 is 17.1 Å². The average molecular weight is 455 g/mol. The number of carbonyl (C=O) groups is 1. The van der Waals surface area contributed by atoms with Gasteiger partial charge in [-0.25, -0.2) is 4.98 Å². The molecule has 2 heterocycles. The van der Waals surface area contributed by atoms with Crippen LogP contribution in [0.2, 0.25) is 0 Å². The van der Waals surface area contributed by atoms with E-state index < -0.39 is 11.1 Å². The molecule has 0 saturated carbocycles. The van der Waals surface area contributed by atoms with Crippen LogP contribution < -0.4 is 16.4 Å². The zero-order chi connectivity index (χ0) is 23.7. The third-order valence-electron chi connectivity index (χ3n) is 6.45. The largest absolute Gasteiger partial charge is 0.348 e.